The van der Waals surface area contributed by atoms with Gasteiger partial charge >= 0.3 is 0 Å². The van der Waals surface area contributed by atoms with E-state index in [4.69, 9.17) is 10.5 Å². The molecule has 1 aromatic heterocycles. The molecule has 2 fully saturated rings. The van der Waals surface area contributed by atoms with Crippen LogP contribution in [0.25, 0.3) is 0 Å². The van der Waals surface area contributed by atoms with Gasteiger partial charge in [0.2, 0.25) is 11.8 Å². The molecule has 2 N–H and O–H groups in total. The van der Waals surface area contributed by atoms with Gasteiger partial charge in [-0.25, -0.2) is 4.98 Å². The SMILES string of the molecule is CCCOc1ccnc(N2CC(N)(C3CC3)C2)n1. The first-order chi connectivity index (χ1) is 8.71. The predicted octanol–water partition coefficient (Wildman–Crippen LogP) is 1.19. The summed E-state index contributed by atoms with van der Waals surface area (Å²) in [6.07, 6.45) is 5.30. The number of hydrogen-bond acceptors (Lipinski definition) is 5. The summed E-state index contributed by atoms with van der Waals surface area (Å²) in [5.41, 5.74) is 6.33. The summed E-state index contributed by atoms with van der Waals surface area (Å²) in [5, 5.41) is 0. The van der Waals surface area contributed by atoms with Crippen LogP contribution in [0.5, 0.6) is 5.88 Å². The predicted molar refractivity (Wildman–Crippen MR) is 69.7 cm³/mol. The maximum absolute atomic E-state index is 6.33. The number of ether oxygens (including phenoxy) is 1. The van der Waals surface area contributed by atoms with Crippen molar-refractivity contribution >= 4 is 5.95 Å². The van der Waals surface area contributed by atoms with Crippen molar-refractivity contribution in [3.8, 4) is 5.88 Å². The van der Waals surface area contributed by atoms with E-state index in [0.717, 1.165) is 25.5 Å². The Hall–Kier alpha value is -1.36. The number of rotatable bonds is 5. The zero-order valence-corrected chi connectivity index (χ0v) is 10.8. The summed E-state index contributed by atoms with van der Waals surface area (Å²) >= 11 is 0. The maximum atomic E-state index is 6.33. The minimum atomic E-state index is 0.00361. The van der Waals surface area contributed by atoms with Crippen LogP contribution in [0, 0.1) is 5.92 Å². The van der Waals surface area contributed by atoms with Gasteiger partial charge in [0.05, 0.1) is 12.1 Å². The quantitative estimate of drug-likeness (QED) is 0.848. The molecule has 1 aromatic rings. The van der Waals surface area contributed by atoms with Crippen LogP contribution in [0.1, 0.15) is 26.2 Å². The van der Waals surface area contributed by atoms with Crippen molar-refractivity contribution in [3.63, 3.8) is 0 Å². The molecule has 2 aliphatic rings. The number of nitrogens with zero attached hydrogens (tertiary/aromatic N) is 3. The topological polar surface area (TPSA) is 64.3 Å². The summed E-state index contributed by atoms with van der Waals surface area (Å²) < 4.78 is 5.52. The van der Waals surface area contributed by atoms with Gasteiger partial charge < -0.3 is 15.4 Å². The zero-order valence-electron chi connectivity index (χ0n) is 10.8. The van der Waals surface area contributed by atoms with Crippen LogP contribution >= 0.6 is 0 Å². The lowest BCUT2D eigenvalue weighted by Gasteiger charge is -2.48. The van der Waals surface area contributed by atoms with Crippen molar-refractivity contribution in [1.82, 2.24) is 9.97 Å². The normalized spacial score (nSPS) is 21.6. The second-order valence-electron chi connectivity index (χ2n) is 5.41. The molecule has 0 aromatic carbocycles. The second kappa shape index (κ2) is 4.39. The summed E-state index contributed by atoms with van der Waals surface area (Å²) in [6.45, 7) is 4.51. The van der Waals surface area contributed by atoms with E-state index in [2.05, 4.69) is 21.8 Å². The molecular formula is C13H20N4O. The summed E-state index contributed by atoms with van der Waals surface area (Å²) in [6, 6.07) is 1.80. The van der Waals surface area contributed by atoms with Gasteiger partial charge in [0.15, 0.2) is 0 Å². The molecule has 3 rings (SSSR count). The molecule has 5 heteroatoms. The molecule has 1 aliphatic carbocycles. The second-order valence-corrected chi connectivity index (χ2v) is 5.41. The van der Waals surface area contributed by atoms with Crippen molar-refractivity contribution in [2.24, 2.45) is 11.7 Å². The molecule has 0 unspecified atom stereocenters. The first-order valence-corrected chi connectivity index (χ1v) is 6.71. The monoisotopic (exact) mass is 248 g/mol. The fourth-order valence-electron chi connectivity index (χ4n) is 2.49. The van der Waals surface area contributed by atoms with Gasteiger partial charge in [0, 0.05) is 25.4 Å². The smallest absolute Gasteiger partial charge is 0.228 e. The van der Waals surface area contributed by atoms with Gasteiger partial charge in [-0.2, -0.15) is 4.98 Å². The van der Waals surface area contributed by atoms with Crippen LogP contribution in [-0.4, -0.2) is 35.2 Å². The number of hydrogen-bond donors (Lipinski definition) is 1. The Morgan fingerprint density at radius 1 is 1.50 bits per heavy atom. The van der Waals surface area contributed by atoms with Crippen LogP contribution in [-0.2, 0) is 0 Å². The molecule has 1 saturated carbocycles. The Bertz CT molecular complexity index is 427. The maximum Gasteiger partial charge on any atom is 0.228 e. The van der Waals surface area contributed by atoms with E-state index >= 15 is 0 Å². The van der Waals surface area contributed by atoms with Gasteiger partial charge in [-0.05, 0) is 25.2 Å². The van der Waals surface area contributed by atoms with Crippen molar-refractivity contribution in [2.45, 2.75) is 31.7 Å². The third-order valence-electron chi connectivity index (χ3n) is 3.72. The highest BCUT2D eigenvalue weighted by atomic mass is 16.5. The fourth-order valence-corrected chi connectivity index (χ4v) is 2.49. The summed E-state index contributed by atoms with van der Waals surface area (Å²) in [5.74, 6) is 2.11. The highest BCUT2D eigenvalue weighted by molar-refractivity contribution is 5.40. The molecular weight excluding hydrogens is 228 g/mol. The van der Waals surface area contributed by atoms with Crippen molar-refractivity contribution in [1.29, 1.82) is 0 Å². The minimum absolute atomic E-state index is 0.00361. The molecule has 0 atom stereocenters. The molecule has 98 valence electrons. The van der Waals surface area contributed by atoms with E-state index in [-0.39, 0.29) is 5.54 Å². The van der Waals surface area contributed by atoms with E-state index < -0.39 is 0 Å². The van der Waals surface area contributed by atoms with Crippen LogP contribution in [0.2, 0.25) is 0 Å². The van der Waals surface area contributed by atoms with E-state index in [1.165, 1.54) is 12.8 Å². The minimum Gasteiger partial charge on any atom is -0.478 e. The summed E-state index contributed by atoms with van der Waals surface area (Å²) in [4.78, 5) is 10.8. The first kappa shape index (κ1) is 11.7. The lowest BCUT2D eigenvalue weighted by Crippen LogP contribution is -2.69. The Kier molecular flexibility index (Phi) is 2.86. The fraction of sp³-hybridized carbons (Fsp3) is 0.692. The van der Waals surface area contributed by atoms with Gasteiger partial charge in [0.1, 0.15) is 0 Å². The Morgan fingerprint density at radius 3 is 2.94 bits per heavy atom. The molecule has 0 amide bonds. The number of anilines is 1. The Morgan fingerprint density at radius 2 is 2.28 bits per heavy atom. The lowest BCUT2D eigenvalue weighted by molar-refractivity contribution is 0.282. The van der Waals surface area contributed by atoms with Crippen molar-refractivity contribution < 1.29 is 4.74 Å². The molecule has 0 spiro atoms. The van der Waals surface area contributed by atoms with Gasteiger partial charge in [-0.1, -0.05) is 6.92 Å². The third-order valence-corrected chi connectivity index (χ3v) is 3.72. The zero-order chi connectivity index (χ0) is 12.6. The first-order valence-electron chi connectivity index (χ1n) is 6.71. The number of nitrogens with two attached hydrogens (primary N) is 1. The Labute approximate surface area is 107 Å². The van der Waals surface area contributed by atoms with Gasteiger partial charge in [0.25, 0.3) is 0 Å². The van der Waals surface area contributed by atoms with Crippen molar-refractivity contribution in [2.75, 3.05) is 24.6 Å². The summed E-state index contributed by atoms with van der Waals surface area (Å²) in [7, 11) is 0. The molecule has 0 radical (unpaired) electrons. The van der Waals surface area contributed by atoms with E-state index in [9.17, 15) is 0 Å². The highest BCUT2D eigenvalue weighted by Gasteiger charge is 2.51. The highest BCUT2D eigenvalue weighted by Crippen LogP contribution is 2.43. The molecule has 5 nitrogen and oxygen atoms in total. The molecule has 1 aliphatic heterocycles. The van der Waals surface area contributed by atoms with Crippen LogP contribution in [0.15, 0.2) is 12.3 Å². The average molecular weight is 248 g/mol. The van der Waals surface area contributed by atoms with E-state index in [1.54, 1.807) is 12.3 Å². The van der Waals surface area contributed by atoms with Gasteiger partial charge in [-0.15, -0.1) is 0 Å². The molecule has 18 heavy (non-hydrogen) atoms. The molecule has 0 bridgehead atoms. The van der Waals surface area contributed by atoms with Gasteiger partial charge in [-0.3, -0.25) is 0 Å². The standard InChI is InChI=1S/C13H20N4O/c1-2-7-18-11-5-6-15-12(16-11)17-8-13(14,9-17)10-3-4-10/h5-6,10H,2-4,7-9,14H2,1H3. The Balaban J connectivity index is 1.63. The average Bonchev–Trinajstić information content (AvgIpc) is 3.17. The van der Waals surface area contributed by atoms with E-state index in [0.29, 0.717) is 18.4 Å². The van der Waals surface area contributed by atoms with Crippen LogP contribution < -0.4 is 15.4 Å². The van der Waals surface area contributed by atoms with Crippen molar-refractivity contribution in [3.05, 3.63) is 12.3 Å². The van der Waals surface area contributed by atoms with Crippen LogP contribution in [0.3, 0.4) is 0 Å². The van der Waals surface area contributed by atoms with Crippen LogP contribution in [0.4, 0.5) is 5.95 Å². The molecule has 1 saturated heterocycles. The third kappa shape index (κ3) is 2.14. The lowest BCUT2D eigenvalue weighted by atomic mass is 9.86. The largest absolute Gasteiger partial charge is 0.478 e. The molecule has 2 heterocycles. The van der Waals surface area contributed by atoms with E-state index in [1.807, 2.05) is 0 Å². The number of aromatic nitrogens is 2.